The highest BCUT2D eigenvalue weighted by molar-refractivity contribution is 5.70. The molecule has 0 aliphatic carbocycles. The number of unbranched alkanes of at least 4 members (excludes halogenated alkanes) is 25. The van der Waals surface area contributed by atoms with Crippen LogP contribution in [0, 0.1) is 0 Å². The maximum atomic E-state index is 12.1. The smallest absolute Gasteiger partial charge is 0.306 e. The number of aliphatic hydroxyl groups is 1. The van der Waals surface area contributed by atoms with E-state index in [0.29, 0.717) is 12.8 Å². The van der Waals surface area contributed by atoms with Crippen LogP contribution in [0.2, 0.25) is 0 Å². The minimum Gasteiger partial charge on any atom is -0.462 e. The van der Waals surface area contributed by atoms with Gasteiger partial charge < -0.3 is 14.6 Å². The molecule has 0 radical (unpaired) electrons. The van der Waals surface area contributed by atoms with Crippen molar-refractivity contribution in [2.75, 3.05) is 13.2 Å². The molecule has 0 aromatic heterocycles. The third kappa shape index (κ3) is 33.5. The number of hydrogen-bond acceptors (Lipinski definition) is 5. The van der Waals surface area contributed by atoms with E-state index in [1.54, 1.807) is 0 Å². The summed E-state index contributed by atoms with van der Waals surface area (Å²) in [7, 11) is 0. The Bertz CT molecular complexity index is 632. The van der Waals surface area contributed by atoms with Gasteiger partial charge in [-0.25, -0.2) is 0 Å². The van der Waals surface area contributed by atoms with Crippen LogP contribution in [0.3, 0.4) is 0 Å². The second-order valence-corrected chi connectivity index (χ2v) is 13.0. The van der Waals surface area contributed by atoms with Gasteiger partial charge in [-0.3, -0.25) is 9.59 Å². The number of ether oxygens (including phenoxy) is 2. The second-order valence-electron chi connectivity index (χ2n) is 13.0. The van der Waals surface area contributed by atoms with Gasteiger partial charge in [0.1, 0.15) is 6.61 Å². The van der Waals surface area contributed by atoms with Gasteiger partial charge >= 0.3 is 11.9 Å². The normalized spacial score (nSPS) is 12.2. The van der Waals surface area contributed by atoms with Gasteiger partial charge in [-0.1, -0.05) is 167 Å². The Hall–Kier alpha value is -1.36. The topological polar surface area (TPSA) is 72.8 Å². The predicted molar refractivity (Wildman–Crippen MR) is 187 cm³/mol. The van der Waals surface area contributed by atoms with Crippen molar-refractivity contribution in [3.8, 4) is 0 Å². The molecule has 0 amide bonds. The summed E-state index contributed by atoms with van der Waals surface area (Å²) >= 11 is 0. The number of rotatable bonds is 35. The second kappa shape index (κ2) is 36.1. The van der Waals surface area contributed by atoms with Gasteiger partial charge in [0.15, 0.2) is 6.10 Å². The molecule has 0 heterocycles. The molecule has 0 aliphatic heterocycles. The fourth-order valence-electron chi connectivity index (χ4n) is 5.61. The van der Waals surface area contributed by atoms with Gasteiger partial charge in [-0.05, 0) is 38.5 Å². The average molecular weight is 623 g/mol. The number of aliphatic hydroxyl groups excluding tert-OH is 1. The number of carbonyl (C=O) groups excluding carboxylic acids is 2. The van der Waals surface area contributed by atoms with Gasteiger partial charge in [-0.15, -0.1) is 0 Å². The van der Waals surface area contributed by atoms with Crippen LogP contribution in [-0.4, -0.2) is 36.4 Å². The lowest BCUT2D eigenvalue weighted by Crippen LogP contribution is -2.28. The van der Waals surface area contributed by atoms with Gasteiger partial charge in [0.2, 0.25) is 0 Å². The van der Waals surface area contributed by atoms with Crippen LogP contribution >= 0.6 is 0 Å². The minimum atomic E-state index is -0.762. The fourth-order valence-corrected chi connectivity index (χ4v) is 5.61. The number of allylic oxidation sites excluding steroid dienone is 2. The van der Waals surface area contributed by atoms with E-state index in [9.17, 15) is 14.7 Å². The summed E-state index contributed by atoms with van der Waals surface area (Å²) in [4.78, 5) is 24.1. The Morgan fingerprint density at radius 3 is 1.23 bits per heavy atom. The zero-order chi connectivity index (χ0) is 32.2. The summed E-state index contributed by atoms with van der Waals surface area (Å²) < 4.78 is 10.6. The Morgan fingerprint density at radius 1 is 0.500 bits per heavy atom. The van der Waals surface area contributed by atoms with Crippen molar-refractivity contribution in [1.82, 2.24) is 0 Å². The largest absolute Gasteiger partial charge is 0.462 e. The third-order valence-electron chi connectivity index (χ3n) is 8.56. The fraction of sp³-hybridized carbons (Fsp3) is 0.897. The maximum absolute atomic E-state index is 12.1. The lowest BCUT2D eigenvalue weighted by Gasteiger charge is -2.15. The maximum Gasteiger partial charge on any atom is 0.306 e. The minimum absolute atomic E-state index is 0.0607. The van der Waals surface area contributed by atoms with Crippen LogP contribution in [0.25, 0.3) is 0 Å². The highest BCUT2D eigenvalue weighted by Gasteiger charge is 2.16. The first-order valence-corrected chi connectivity index (χ1v) is 19.2. The van der Waals surface area contributed by atoms with Gasteiger partial charge in [-0.2, -0.15) is 0 Å². The van der Waals surface area contributed by atoms with E-state index in [1.165, 1.54) is 141 Å². The molecule has 0 aliphatic rings. The predicted octanol–water partition coefficient (Wildman–Crippen LogP) is 11.7. The zero-order valence-electron chi connectivity index (χ0n) is 29.4. The molecule has 44 heavy (non-hydrogen) atoms. The molecule has 0 saturated heterocycles. The van der Waals surface area contributed by atoms with Gasteiger partial charge in [0, 0.05) is 12.8 Å². The van der Waals surface area contributed by atoms with E-state index in [1.807, 2.05) is 0 Å². The van der Waals surface area contributed by atoms with Crippen molar-refractivity contribution >= 4 is 11.9 Å². The molecular formula is C39H74O5. The molecule has 0 aromatic rings. The molecule has 5 heteroatoms. The molecule has 0 unspecified atom stereocenters. The summed E-state index contributed by atoms with van der Waals surface area (Å²) in [5, 5.41) is 9.50. The Kier molecular flexibility index (Phi) is 35.0. The van der Waals surface area contributed by atoms with E-state index in [4.69, 9.17) is 9.47 Å². The molecule has 0 spiro atoms. The van der Waals surface area contributed by atoms with E-state index in [0.717, 1.165) is 38.5 Å². The molecule has 0 aromatic carbocycles. The molecular weight excluding hydrogens is 548 g/mol. The van der Waals surface area contributed by atoms with Crippen LogP contribution < -0.4 is 0 Å². The van der Waals surface area contributed by atoms with Crippen molar-refractivity contribution in [3.05, 3.63) is 12.2 Å². The van der Waals surface area contributed by atoms with Crippen molar-refractivity contribution in [3.63, 3.8) is 0 Å². The average Bonchev–Trinajstić information content (AvgIpc) is 3.02. The molecule has 0 rings (SSSR count). The molecule has 1 N–H and O–H groups in total. The van der Waals surface area contributed by atoms with Crippen molar-refractivity contribution in [2.24, 2.45) is 0 Å². The third-order valence-corrected chi connectivity index (χ3v) is 8.56. The zero-order valence-corrected chi connectivity index (χ0v) is 29.4. The van der Waals surface area contributed by atoms with E-state index < -0.39 is 6.10 Å². The van der Waals surface area contributed by atoms with Crippen molar-refractivity contribution in [1.29, 1.82) is 0 Å². The SMILES string of the molecule is CCCCCCCC/C=C\CCCCCCCCCCCCCC(=O)OC[C@H](CO)OC(=O)CCCCCCCCCCC. The first-order valence-electron chi connectivity index (χ1n) is 19.2. The summed E-state index contributed by atoms with van der Waals surface area (Å²) in [6.07, 6.45) is 40.0. The van der Waals surface area contributed by atoms with Crippen molar-refractivity contribution in [2.45, 2.75) is 213 Å². The van der Waals surface area contributed by atoms with E-state index in [2.05, 4.69) is 26.0 Å². The summed E-state index contributed by atoms with van der Waals surface area (Å²) in [6.45, 7) is 4.12. The monoisotopic (exact) mass is 623 g/mol. The molecule has 260 valence electrons. The van der Waals surface area contributed by atoms with Gasteiger partial charge in [0.05, 0.1) is 6.61 Å². The quantitative estimate of drug-likeness (QED) is 0.0432. The first kappa shape index (κ1) is 42.6. The standard InChI is InChI=1S/C39H74O5/c1-3-5-7-9-11-13-14-15-16-17-18-19-20-21-22-23-24-26-27-29-31-33-38(41)43-36-37(35-40)44-39(42)34-32-30-28-25-12-10-8-6-4-2/h15-16,37,40H,3-14,17-36H2,1-2H3/b16-15-/t37-/m0/s1. The Balaban J connectivity index is 3.47. The Labute approximate surface area is 273 Å². The lowest BCUT2D eigenvalue weighted by molar-refractivity contribution is -0.161. The van der Waals surface area contributed by atoms with Crippen LogP contribution in [-0.2, 0) is 19.1 Å². The highest BCUT2D eigenvalue weighted by Crippen LogP contribution is 2.14. The number of carbonyl (C=O) groups is 2. The van der Waals surface area contributed by atoms with E-state index in [-0.39, 0.29) is 25.2 Å². The van der Waals surface area contributed by atoms with Crippen LogP contribution in [0.5, 0.6) is 0 Å². The van der Waals surface area contributed by atoms with Crippen LogP contribution in [0.15, 0.2) is 12.2 Å². The Morgan fingerprint density at radius 2 is 0.841 bits per heavy atom. The van der Waals surface area contributed by atoms with Crippen molar-refractivity contribution < 1.29 is 24.2 Å². The highest BCUT2D eigenvalue weighted by atomic mass is 16.6. The number of hydrogen-bond donors (Lipinski definition) is 1. The summed E-state index contributed by atoms with van der Waals surface area (Å²) in [5.41, 5.74) is 0. The molecule has 5 nitrogen and oxygen atoms in total. The van der Waals surface area contributed by atoms with Crippen LogP contribution in [0.1, 0.15) is 206 Å². The molecule has 1 atom stereocenters. The summed E-state index contributed by atoms with van der Waals surface area (Å²) in [6, 6.07) is 0. The molecule has 0 saturated carbocycles. The number of esters is 2. The molecule has 0 fully saturated rings. The van der Waals surface area contributed by atoms with Crippen LogP contribution in [0.4, 0.5) is 0 Å². The van der Waals surface area contributed by atoms with Gasteiger partial charge in [0.25, 0.3) is 0 Å². The van der Waals surface area contributed by atoms with E-state index >= 15 is 0 Å². The lowest BCUT2D eigenvalue weighted by atomic mass is 10.0. The molecule has 0 bridgehead atoms. The first-order chi connectivity index (χ1) is 21.6. The summed E-state index contributed by atoms with van der Waals surface area (Å²) in [5.74, 6) is -0.587.